The molecule has 31 heavy (non-hydrogen) atoms. The Morgan fingerprint density at radius 1 is 1.35 bits per heavy atom. The van der Waals surface area contributed by atoms with E-state index >= 15 is 0 Å². The minimum Gasteiger partial charge on any atom is -0.384 e. The van der Waals surface area contributed by atoms with E-state index in [0.717, 1.165) is 22.2 Å². The molecule has 2 heterocycles. The molecule has 6 nitrogen and oxygen atoms in total. The summed E-state index contributed by atoms with van der Waals surface area (Å²) in [6, 6.07) is 7.44. The first-order valence-corrected chi connectivity index (χ1v) is 12.4. The van der Waals surface area contributed by atoms with Crippen molar-refractivity contribution in [3.63, 3.8) is 0 Å². The molecule has 4 rings (SSSR count). The number of halogens is 2. The zero-order valence-electron chi connectivity index (χ0n) is 16.7. The SMILES string of the molecule is CCCSc1nnc(N2C(N)=C(C#N)C(c3cccc(Cl)c3Cl)C3=C2CCCC3=O)s1. The molecule has 0 radical (unpaired) electrons. The van der Waals surface area contributed by atoms with Crippen LogP contribution >= 0.6 is 46.3 Å². The molecule has 0 saturated heterocycles. The number of nitrogens with two attached hydrogens (primary N) is 1. The largest absolute Gasteiger partial charge is 0.384 e. The predicted molar refractivity (Wildman–Crippen MR) is 125 cm³/mol. The topological polar surface area (TPSA) is 95.9 Å². The molecule has 1 aliphatic heterocycles. The van der Waals surface area contributed by atoms with Crippen LogP contribution in [0.1, 0.15) is 44.1 Å². The summed E-state index contributed by atoms with van der Waals surface area (Å²) in [6.45, 7) is 2.10. The lowest BCUT2D eigenvalue weighted by atomic mass is 9.76. The van der Waals surface area contributed by atoms with Crippen LogP contribution in [0.2, 0.25) is 10.0 Å². The minimum absolute atomic E-state index is 0.0161. The smallest absolute Gasteiger partial charge is 0.219 e. The van der Waals surface area contributed by atoms with Crippen LogP contribution in [0.4, 0.5) is 5.13 Å². The summed E-state index contributed by atoms with van der Waals surface area (Å²) >= 11 is 15.8. The number of ketones is 1. The number of rotatable bonds is 5. The van der Waals surface area contributed by atoms with Crippen LogP contribution in [0.15, 0.2) is 45.2 Å². The van der Waals surface area contributed by atoms with Gasteiger partial charge in [-0.2, -0.15) is 5.26 Å². The minimum atomic E-state index is -0.655. The Labute approximate surface area is 198 Å². The van der Waals surface area contributed by atoms with Crippen molar-refractivity contribution in [2.75, 3.05) is 10.7 Å². The van der Waals surface area contributed by atoms with Gasteiger partial charge in [0.15, 0.2) is 10.1 Å². The van der Waals surface area contributed by atoms with E-state index in [2.05, 4.69) is 23.2 Å². The second-order valence-corrected chi connectivity index (χ2v) is 10.2. The van der Waals surface area contributed by atoms with E-state index < -0.39 is 5.92 Å². The highest BCUT2D eigenvalue weighted by molar-refractivity contribution is 8.01. The molecule has 1 unspecified atom stereocenters. The third-order valence-electron chi connectivity index (χ3n) is 5.22. The molecule has 0 fully saturated rings. The van der Waals surface area contributed by atoms with E-state index in [-0.39, 0.29) is 17.2 Å². The summed E-state index contributed by atoms with van der Waals surface area (Å²) in [5, 5.41) is 19.9. The third kappa shape index (κ3) is 3.96. The van der Waals surface area contributed by atoms with Crippen LogP contribution in [0, 0.1) is 11.3 Å². The molecular weight excluding hydrogens is 473 g/mol. The van der Waals surface area contributed by atoms with Crippen molar-refractivity contribution in [2.24, 2.45) is 5.73 Å². The molecule has 2 aromatic rings. The van der Waals surface area contributed by atoms with Gasteiger partial charge in [0.2, 0.25) is 5.13 Å². The van der Waals surface area contributed by atoms with Crippen molar-refractivity contribution in [3.05, 3.63) is 56.5 Å². The Kier molecular flexibility index (Phi) is 6.58. The van der Waals surface area contributed by atoms with Crippen LogP contribution in [-0.2, 0) is 4.79 Å². The maximum atomic E-state index is 13.1. The first-order chi connectivity index (χ1) is 15.0. The van der Waals surface area contributed by atoms with Gasteiger partial charge in [-0.15, -0.1) is 10.2 Å². The van der Waals surface area contributed by atoms with Crippen molar-refractivity contribution in [2.45, 2.75) is 42.9 Å². The molecule has 1 aliphatic carbocycles. The fourth-order valence-electron chi connectivity index (χ4n) is 3.90. The molecule has 2 aliphatic rings. The molecule has 2 N–H and O–H groups in total. The van der Waals surface area contributed by atoms with Gasteiger partial charge < -0.3 is 5.73 Å². The number of hydrogen-bond acceptors (Lipinski definition) is 8. The maximum Gasteiger partial charge on any atom is 0.219 e. The normalized spacial score (nSPS) is 19.0. The van der Waals surface area contributed by atoms with Gasteiger partial charge in [0.1, 0.15) is 5.82 Å². The Hall–Kier alpha value is -2.05. The average molecular weight is 492 g/mol. The lowest BCUT2D eigenvalue weighted by Gasteiger charge is -2.38. The van der Waals surface area contributed by atoms with Crippen LogP contribution in [-0.4, -0.2) is 21.7 Å². The number of carbonyl (C=O) groups is 1. The molecule has 1 aromatic heterocycles. The average Bonchev–Trinajstić information content (AvgIpc) is 3.22. The standard InChI is InChI=1S/C21H19Cl2N5OS2/c1-2-9-30-21-27-26-20(31-21)28-14-7-4-8-15(29)17(14)16(12(10-24)19(28)25)11-5-3-6-13(22)18(11)23/h3,5-6,16H,2,4,7-9,25H2,1H3. The Balaban J connectivity index is 1.90. The highest BCUT2D eigenvalue weighted by Crippen LogP contribution is 2.49. The van der Waals surface area contributed by atoms with Gasteiger partial charge in [0, 0.05) is 23.4 Å². The molecule has 160 valence electrons. The number of thioether (sulfide) groups is 1. The van der Waals surface area contributed by atoms with E-state index in [1.54, 1.807) is 34.9 Å². The monoisotopic (exact) mass is 491 g/mol. The van der Waals surface area contributed by atoms with Crippen LogP contribution in [0.25, 0.3) is 0 Å². The molecule has 0 saturated carbocycles. The Morgan fingerprint density at radius 2 is 2.16 bits per heavy atom. The fraction of sp³-hybridized carbons (Fsp3) is 0.333. The number of Topliss-reactive ketones (excluding diaryl/α,β-unsaturated/α-hetero) is 1. The summed E-state index contributed by atoms with van der Waals surface area (Å²) in [4.78, 5) is 14.9. The molecule has 0 spiro atoms. The van der Waals surface area contributed by atoms with E-state index in [1.807, 2.05) is 0 Å². The lowest BCUT2D eigenvalue weighted by molar-refractivity contribution is -0.116. The first-order valence-electron chi connectivity index (χ1n) is 9.84. The van der Waals surface area contributed by atoms with E-state index in [4.69, 9.17) is 28.9 Å². The Bertz CT molecular complexity index is 1150. The molecule has 10 heteroatoms. The summed E-state index contributed by atoms with van der Waals surface area (Å²) < 4.78 is 0.826. The number of aromatic nitrogens is 2. The summed E-state index contributed by atoms with van der Waals surface area (Å²) in [5.74, 6) is 0.514. The third-order valence-corrected chi connectivity index (χ3v) is 8.30. The molecule has 0 bridgehead atoms. The van der Waals surface area contributed by atoms with Crippen LogP contribution in [0.3, 0.4) is 0 Å². The number of nitriles is 1. The van der Waals surface area contributed by atoms with Gasteiger partial charge in [-0.3, -0.25) is 9.69 Å². The van der Waals surface area contributed by atoms with E-state index in [1.165, 1.54) is 11.3 Å². The number of hydrogen-bond donors (Lipinski definition) is 1. The highest BCUT2D eigenvalue weighted by atomic mass is 35.5. The zero-order chi connectivity index (χ0) is 22.1. The lowest BCUT2D eigenvalue weighted by Crippen LogP contribution is -2.38. The number of nitrogens with zero attached hydrogens (tertiary/aromatic N) is 4. The van der Waals surface area contributed by atoms with Gasteiger partial charge in [-0.05, 0) is 30.9 Å². The summed E-state index contributed by atoms with van der Waals surface area (Å²) in [7, 11) is 0. The fourth-order valence-corrected chi connectivity index (χ4v) is 6.12. The first kappa shape index (κ1) is 22.2. The molecular formula is C21H19Cl2N5OS2. The summed E-state index contributed by atoms with van der Waals surface area (Å²) in [6.07, 6.45) is 2.78. The zero-order valence-corrected chi connectivity index (χ0v) is 19.8. The van der Waals surface area contributed by atoms with E-state index in [9.17, 15) is 10.1 Å². The predicted octanol–water partition coefficient (Wildman–Crippen LogP) is 5.65. The number of carbonyl (C=O) groups excluding carboxylic acids is 1. The second kappa shape index (κ2) is 9.21. The molecule has 1 atom stereocenters. The van der Waals surface area contributed by atoms with Crippen molar-refractivity contribution in [1.82, 2.24) is 10.2 Å². The Morgan fingerprint density at radius 3 is 2.90 bits per heavy atom. The van der Waals surface area contributed by atoms with Crippen molar-refractivity contribution in [1.29, 1.82) is 5.26 Å². The van der Waals surface area contributed by atoms with Crippen LogP contribution in [0.5, 0.6) is 0 Å². The van der Waals surface area contributed by atoms with Crippen molar-refractivity contribution < 1.29 is 4.79 Å². The van der Waals surface area contributed by atoms with Crippen molar-refractivity contribution in [3.8, 4) is 6.07 Å². The number of allylic oxidation sites excluding steroid dienone is 3. The summed E-state index contributed by atoms with van der Waals surface area (Å²) in [5.41, 5.74) is 8.70. The van der Waals surface area contributed by atoms with Crippen molar-refractivity contribution >= 4 is 57.2 Å². The number of anilines is 1. The van der Waals surface area contributed by atoms with E-state index in [0.29, 0.717) is 45.6 Å². The van der Waals surface area contributed by atoms with Gasteiger partial charge in [0.25, 0.3) is 0 Å². The molecule has 1 aromatic carbocycles. The molecule has 0 amide bonds. The quantitative estimate of drug-likeness (QED) is 0.539. The second-order valence-electron chi connectivity index (χ2n) is 7.16. The number of benzene rings is 1. The highest BCUT2D eigenvalue weighted by Gasteiger charge is 2.42. The van der Waals surface area contributed by atoms with Gasteiger partial charge >= 0.3 is 0 Å². The van der Waals surface area contributed by atoms with Gasteiger partial charge in [-0.25, -0.2) is 0 Å². The van der Waals surface area contributed by atoms with Gasteiger partial charge in [0.05, 0.1) is 27.6 Å². The maximum absolute atomic E-state index is 13.1. The van der Waals surface area contributed by atoms with Gasteiger partial charge in [-0.1, -0.05) is 65.4 Å². The van der Waals surface area contributed by atoms with Crippen LogP contribution < -0.4 is 10.6 Å².